The van der Waals surface area contributed by atoms with E-state index in [1.165, 1.54) is 23.5 Å². The van der Waals surface area contributed by atoms with Gasteiger partial charge in [-0.1, -0.05) is 6.07 Å². The van der Waals surface area contributed by atoms with Crippen molar-refractivity contribution in [2.75, 3.05) is 19.7 Å². The molecule has 1 amide bonds. The van der Waals surface area contributed by atoms with Crippen LogP contribution in [0, 0.1) is 11.7 Å². The summed E-state index contributed by atoms with van der Waals surface area (Å²) in [5, 5.41) is 10.1. The first kappa shape index (κ1) is 13.5. The fraction of sp³-hybridized carbons (Fsp3) is 0.400. The lowest BCUT2D eigenvalue weighted by atomic mass is 9.99. The van der Waals surface area contributed by atoms with Gasteiger partial charge in [0, 0.05) is 24.4 Å². The van der Waals surface area contributed by atoms with Gasteiger partial charge in [-0.05, 0) is 42.3 Å². The average Bonchev–Trinajstić information content (AvgIpc) is 2.89. The lowest BCUT2D eigenvalue weighted by molar-refractivity contribution is 0.0625. The van der Waals surface area contributed by atoms with Crippen molar-refractivity contribution in [2.45, 2.75) is 12.8 Å². The van der Waals surface area contributed by atoms with Gasteiger partial charge in [0.1, 0.15) is 5.82 Å². The van der Waals surface area contributed by atoms with Gasteiger partial charge in [-0.25, -0.2) is 4.39 Å². The number of thiophene rings is 1. The normalized spacial score (nSPS) is 19.5. The minimum Gasteiger partial charge on any atom is -0.396 e. The van der Waals surface area contributed by atoms with Gasteiger partial charge in [-0.15, -0.1) is 11.3 Å². The maximum absolute atomic E-state index is 13.2. The summed E-state index contributed by atoms with van der Waals surface area (Å²) in [4.78, 5) is 14.9. The molecule has 0 radical (unpaired) electrons. The second-order valence-corrected chi connectivity index (χ2v) is 6.32. The Hall–Kier alpha value is -1.46. The lowest BCUT2D eigenvalue weighted by Gasteiger charge is -2.31. The van der Waals surface area contributed by atoms with Gasteiger partial charge in [0.05, 0.1) is 4.88 Å². The number of carbonyl (C=O) groups is 1. The monoisotopic (exact) mass is 293 g/mol. The van der Waals surface area contributed by atoms with E-state index in [4.69, 9.17) is 0 Å². The number of halogens is 1. The lowest BCUT2D eigenvalue weighted by Crippen LogP contribution is -2.40. The van der Waals surface area contributed by atoms with Crippen LogP contribution >= 0.6 is 11.3 Å². The van der Waals surface area contributed by atoms with Crippen molar-refractivity contribution in [3.63, 3.8) is 0 Å². The van der Waals surface area contributed by atoms with Gasteiger partial charge in [0.15, 0.2) is 0 Å². The van der Waals surface area contributed by atoms with Crippen molar-refractivity contribution < 1.29 is 14.3 Å². The van der Waals surface area contributed by atoms with Crippen LogP contribution in [0.25, 0.3) is 10.1 Å². The molecule has 1 aliphatic rings. The zero-order valence-corrected chi connectivity index (χ0v) is 11.8. The van der Waals surface area contributed by atoms with Gasteiger partial charge in [0.2, 0.25) is 0 Å². The van der Waals surface area contributed by atoms with Crippen LogP contribution in [0.1, 0.15) is 22.5 Å². The quantitative estimate of drug-likeness (QED) is 0.925. The first-order chi connectivity index (χ1) is 9.67. The van der Waals surface area contributed by atoms with Gasteiger partial charge >= 0.3 is 0 Å². The molecule has 1 aromatic carbocycles. The summed E-state index contributed by atoms with van der Waals surface area (Å²) in [6, 6.07) is 6.39. The predicted octanol–water partition coefficient (Wildman–Crippen LogP) is 2.88. The highest BCUT2D eigenvalue weighted by Crippen LogP contribution is 2.28. The van der Waals surface area contributed by atoms with E-state index in [0.29, 0.717) is 11.4 Å². The van der Waals surface area contributed by atoms with Crippen molar-refractivity contribution in [1.29, 1.82) is 0 Å². The molecule has 1 aromatic heterocycles. The zero-order chi connectivity index (χ0) is 14.1. The van der Waals surface area contributed by atoms with Crippen LogP contribution in [-0.2, 0) is 0 Å². The van der Waals surface area contributed by atoms with E-state index in [0.717, 1.165) is 29.5 Å². The Morgan fingerprint density at radius 2 is 2.30 bits per heavy atom. The number of amides is 1. The minimum absolute atomic E-state index is 0.00948. The summed E-state index contributed by atoms with van der Waals surface area (Å²) >= 11 is 1.33. The molecule has 1 unspecified atom stereocenters. The highest BCUT2D eigenvalue weighted by Gasteiger charge is 2.25. The molecule has 3 nitrogen and oxygen atoms in total. The molecule has 2 aromatic rings. The molecule has 1 aliphatic heterocycles. The third kappa shape index (κ3) is 2.55. The largest absolute Gasteiger partial charge is 0.396 e. The van der Waals surface area contributed by atoms with Gasteiger partial charge in [-0.2, -0.15) is 0 Å². The van der Waals surface area contributed by atoms with Gasteiger partial charge < -0.3 is 10.0 Å². The van der Waals surface area contributed by atoms with Crippen LogP contribution in [0.5, 0.6) is 0 Å². The highest BCUT2D eigenvalue weighted by atomic mass is 32.1. The molecule has 1 N–H and O–H groups in total. The molecular formula is C15H16FNO2S. The number of carbonyl (C=O) groups excluding carboxylic acids is 1. The highest BCUT2D eigenvalue weighted by molar-refractivity contribution is 7.20. The third-order valence-corrected chi connectivity index (χ3v) is 4.84. The first-order valence-electron chi connectivity index (χ1n) is 6.76. The van der Waals surface area contributed by atoms with E-state index in [-0.39, 0.29) is 24.2 Å². The number of rotatable bonds is 2. The van der Waals surface area contributed by atoms with Crippen LogP contribution in [0.3, 0.4) is 0 Å². The Bertz CT molecular complexity index is 640. The number of aliphatic hydroxyl groups is 1. The Labute approximate surface area is 120 Å². The molecule has 5 heteroatoms. The Morgan fingerprint density at radius 1 is 1.45 bits per heavy atom. The number of aliphatic hydroxyl groups excluding tert-OH is 1. The van der Waals surface area contributed by atoms with Crippen molar-refractivity contribution >= 4 is 27.3 Å². The Morgan fingerprint density at radius 3 is 3.10 bits per heavy atom. The number of nitrogens with zero attached hydrogens (tertiary/aromatic N) is 1. The number of hydrogen-bond acceptors (Lipinski definition) is 3. The van der Waals surface area contributed by atoms with E-state index >= 15 is 0 Å². The summed E-state index contributed by atoms with van der Waals surface area (Å²) in [5.74, 6) is -0.110. The molecule has 0 bridgehead atoms. The van der Waals surface area contributed by atoms with Gasteiger partial charge in [-0.3, -0.25) is 4.79 Å². The number of piperidine rings is 1. The van der Waals surface area contributed by atoms with E-state index in [9.17, 15) is 14.3 Å². The van der Waals surface area contributed by atoms with E-state index in [2.05, 4.69) is 0 Å². The molecule has 0 spiro atoms. The minimum atomic E-state index is -0.281. The Kier molecular flexibility index (Phi) is 3.72. The standard InChI is InChI=1S/C15H16FNO2S/c16-12-4-3-11-6-14(20-13(11)7-12)15(19)17-5-1-2-10(8-17)9-18/h3-4,6-7,10,18H,1-2,5,8-9H2. The summed E-state index contributed by atoms with van der Waals surface area (Å²) in [7, 11) is 0. The van der Waals surface area contributed by atoms with E-state index in [1.54, 1.807) is 11.0 Å². The number of fused-ring (bicyclic) bond motifs is 1. The van der Waals surface area contributed by atoms with Crippen LogP contribution in [0.4, 0.5) is 4.39 Å². The smallest absolute Gasteiger partial charge is 0.263 e. The second-order valence-electron chi connectivity index (χ2n) is 5.23. The molecule has 3 rings (SSSR count). The molecule has 20 heavy (non-hydrogen) atoms. The van der Waals surface area contributed by atoms with Crippen LogP contribution < -0.4 is 0 Å². The molecule has 1 fully saturated rings. The summed E-state index contributed by atoms with van der Waals surface area (Å²) < 4.78 is 14.0. The Balaban J connectivity index is 1.84. The van der Waals surface area contributed by atoms with Crippen molar-refractivity contribution in [3.8, 4) is 0 Å². The zero-order valence-electron chi connectivity index (χ0n) is 11.0. The molecule has 0 saturated carbocycles. The molecule has 0 aliphatic carbocycles. The average molecular weight is 293 g/mol. The molecule has 1 atom stereocenters. The van der Waals surface area contributed by atoms with Crippen molar-refractivity contribution in [2.24, 2.45) is 5.92 Å². The molecular weight excluding hydrogens is 277 g/mol. The maximum atomic E-state index is 13.2. The van der Waals surface area contributed by atoms with E-state index in [1.807, 2.05) is 6.07 Å². The molecule has 2 heterocycles. The SMILES string of the molecule is O=C(c1cc2ccc(F)cc2s1)N1CCCC(CO)C1. The van der Waals surface area contributed by atoms with Crippen LogP contribution in [0.15, 0.2) is 24.3 Å². The fourth-order valence-electron chi connectivity index (χ4n) is 2.66. The molecule has 1 saturated heterocycles. The van der Waals surface area contributed by atoms with Crippen molar-refractivity contribution in [1.82, 2.24) is 4.90 Å². The number of hydrogen-bond donors (Lipinski definition) is 1. The second kappa shape index (κ2) is 5.50. The summed E-state index contributed by atoms with van der Waals surface area (Å²) in [6.07, 6.45) is 1.90. The first-order valence-corrected chi connectivity index (χ1v) is 7.58. The third-order valence-electron chi connectivity index (χ3n) is 3.76. The number of benzene rings is 1. The molecule has 106 valence electrons. The number of likely N-dealkylation sites (tertiary alicyclic amines) is 1. The maximum Gasteiger partial charge on any atom is 0.263 e. The summed E-state index contributed by atoms with van der Waals surface area (Å²) in [6.45, 7) is 1.47. The van der Waals surface area contributed by atoms with E-state index < -0.39 is 0 Å². The summed E-state index contributed by atoms with van der Waals surface area (Å²) in [5.41, 5.74) is 0. The topological polar surface area (TPSA) is 40.5 Å². The van der Waals surface area contributed by atoms with Crippen LogP contribution in [-0.4, -0.2) is 35.6 Å². The van der Waals surface area contributed by atoms with Gasteiger partial charge in [0.25, 0.3) is 5.91 Å². The predicted molar refractivity (Wildman–Crippen MR) is 77.5 cm³/mol. The van der Waals surface area contributed by atoms with Crippen molar-refractivity contribution in [3.05, 3.63) is 35.0 Å². The van der Waals surface area contributed by atoms with Crippen LogP contribution in [0.2, 0.25) is 0 Å². The fourth-order valence-corrected chi connectivity index (χ4v) is 3.72.